The smallest absolute Gasteiger partial charge is 0.332 e. The average molecular weight is 968 g/mol. The molecule has 5 heterocycles. The number of hydrogen-bond acceptors (Lipinski definition) is 12. The van der Waals surface area contributed by atoms with E-state index in [-0.39, 0.29) is 65.1 Å². The Morgan fingerprint density at radius 1 is 1.01 bits per heavy atom. The van der Waals surface area contributed by atoms with Gasteiger partial charge in [0.1, 0.15) is 17.7 Å². The van der Waals surface area contributed by atoms with E-state index < -0.39 is 64.6 Å². The van der Waals surface area contributed by atoms with Crippen molar-refractivity contribution in [2.24, 2.45) is 57.7 Å². The highest BCUT2D eigenvalue weighted by molar-refractivity contribution is 5.93. The van der Waals surface area contributed by atoms with Crippen molar-refractivity contribution in [3.63, 3.8) is 0 Å². The van der Waals surface area contributed by atoms with Gasteiger partial charge in [-0.2, -0.15) is 0 Å². The quantitative estimate of drug-likeness (QED) is 0.0761. The van der Waals surface area contributed by atoms with Gasteiger partial charge in [-0.25, -0.2) is 4.79 Å². The molecule has 10 aliphatic rings. The van der Waals surface area contributed by atoms with Crippen LogP contribution in [0, 0.1) is 69.5 Å². The number of aliphatic hydroxyl groups excluding tert-OH is 3. The SMILES string of the molecule is CNC[C@H](O)CC[C@@H]1[C@H](C[C@H](C)O)CC#C[C@@H]2C[C@H]3c4c(ccc(O)c4OC[C@H]3C3(CO)CCCC3)[C@@H]2C2(CCNCC2)[C@@H]2OC(=O)[C@]34CCCC[C@H]3C[C@@]3(CCC[C@H]3/C=C/[C@H]2[C@@H]1OC(C)=O)C(=O)N4. The highest BCUT2D eigenvalue weighted by Gasteiger charge is 2.65. The van der Waals surface area contributed by atoms with Crippen LogP contribution < -0.4 is 20.7 Å². The monoisotopic (exact) mass is 968 g/mol. The maximum atomic E-state index is 16.1. The summed E-state index contributed by atoms with van der Waals surface area (Å²) in [5.74, 6) is 5.13. The predicted octanol–water partition coefficient (Wildman–Crippen LogP) is 6.55. The molecule has 7 N–H and O–H groups in total. The number of piperidine rings is 2. The van der Waals surface area contributed by atoms with Gasteiger partial charge < -0.3 is 50.6 Å². The zero-order valence-corrected chi connectivity index (χ0v) is 42.0. The maximum Gasteiger partial charge on any atom is 0.332 e. The molecule has 2 bridgehead atoms. The van der Waals surface area contributed by atoms with E-state index in [2.05, 4.69) is 46.0 Å². The number of ether oxygens (including phenoxy) is 3. The largest absolute Gasteiger partial charge is 0.504 e. The lowest BCUT2D eigenvalue weighted by Crippen LogP contribution is -2.69. The molecular weight excluding hydrogens is 887 g/mol. The summed E-state index contributed by atoms with van der Waals surface area (Å²) in [5, 5.41) is 56.0. The summed E-state index contributed by atoms with van der Waals surface area (Å²) in [4.78, 5) is 45.0. The third-order valence-electron chi connectivity index (χ3n) is 20.2. The van der Waals surface area contributed by atoms with Crippen LogP contribution in [0.15, 0.2) is 24.3 Å². The predicted molar refractivity (Wildman–Crippen MR) is 263 cm³/mol. The van der Waals surface area contributed by atoms with Gasteiger partial charge in [0.2, 0.25) is 5.91 Å². The standard InChI is InChI=1S/C57H81N3O10/c1-34(62)28-36-10-8-11-37-29-44-45(54(33-61)20-6-7-21-54)32-68-50-46(65)19-18-42(47(44)50)48(37)55(24-26-59-27-25-55)51-43(49(69-35(2)63)41(36)17-15-40(64)31-58-3)16-14-38-13-9-22-56(38)30-39-12-4-5-23-57(39,53(67)70-51)60-52(56)66/h14,16,18-19,34,36-41,43-45,48-49,51,58-59,61-62,64-65H,4-7,9-10,12-13,15,17,20-33H2,1-3H3,(H,60,66)/b16-14+/t34-,36-,37+,38-,39-,40+,41+,43-,44+,45+,48+,49+,51+,56+,57-/m0/s1. The lowest BCUT2D eigenvalue weighted by molar-refractivity contribution is -0.192. The van der Waals surface area contributed by atoms with E-state index >= 15 is 4.79 Å². The Bertz CT molecular complexity index is 2210. The van der Waals surface area contributed by atoms with Gasteiger partial charge >= 0.3 is 11.9 Å². The number of carbonyl (C=O) groups excluding carboxylic acids is 3. The second kappa shape index (κ2) is 20.0. The molecule has 1 amide bonds. The molecule has 0 aromatic heterocycles. The highest BCUT2D eigenvalue weighted by atomic mass is 16.6. The third-order valence-corrected chi connectivity index (χ3v) is 20.2. The Morgan fingerprint density at radius 2 is 1.80 bits per heavy atom. The Balaban J connectivity index is 1.24. The van der Waals surface area contributed by atoms with E-state index in [1.165, 1.54) is 6.92 Å². The number of allylic oxidation sites excluding steroid dienone is 1. The highest BCUT2D eigenvalue weighted by Crippen LogP contribution is 2.66. The molecule has 13 heteroatoms. The summed E-state index contributed by atoms with van der Waals surface area (Å²) >= 11 is 0. The van der Waals surface area contributed by atoms with Gasteiger partial charge in [-0.05, 0) is 146 Å². The molecule has 3 saturated carbocycles. The molecule has 13 nitrogen and oxygen atoms in total. The summed E-state index contributed by atoms with van der Waals surface area (Å²) in [5.41, 5.74) is -1.01. The van der Waals surface area contributed by atoms with Gasteiger partial charge in [-0.1, -0.05) is 56.2 Å². The molecule has 1 aromatic carbocycles. The molecule has 3 spiro atoms. The summed E-state index contributed by atoms with van der Waals surface area (Å²) in [6.07, 6.45) is 14.9. The molecule has 0 radical (unpaired) electrons. The number of benzene rings is 1. The van der Waals surface area contributed by atoms with Gasteiger partial charge in [-0.3, -0.25) is 9.59 Å². The molecule has 5 fully saturated rings. The van der Waals surface area contributed by atoms with Crippen LogP contribution in [-0.4, -0.2) is 108 Å². The number of hydrogen-bond donors (Lipinski definition) is 7. The number of amides is 1. The fourth-order valence-electron chi connectivity index (χ4n) is 17.1. The summed E-state index contributed by atoms with van der Waals surface area (Å²) in [6, 6.07) is 3.82. The minimum Gasteiger partial charge on any atom is -0.504 e. The van der Waals surface area contributed by atoms with Crippen molar-refractivity contribution in [3.8, 4) is 23.3 Å². The molecule has 0 unspecified atom stereocenters. The average Bonchev–Trinajstić information content (AvgIpc) is 3.99. The van der Waals surface area contributed by atoms with Crippen molar-refractivity contribution < 1.29 is 49.0 Å². The molecule has 384 valence electrons. The van der Waals surface area contributed by atoms with Crippen molar-refractivity contribution in [2.75, 3.05) is 39.9 Å². The minimum atomic E-state index is -1.21. The van der Waals surface area contributed by atoms with Crippen molar-refractivity contribution in [3.05, 3.63) is 35.4 Å². The third kappa shape index (κ3) is 8.49. The number of esters is 2. The van der Waals surface area contributed by atoms with E-state index in [0.717, 1.165) is 75.3 Å². The second-order valence-corrected chi connectivity index (χ2v) is 23.9. The van der Waals surface area contributed by atoms with Crippen LogP contribution in [0.4, 0.5) is 0 Å². The number of likely N-dealkylation sites (N-methyl/N-ethyl adjacent to an activating group) is 1. The van der Waals surface area contributed by atoms with Crippen molar-refractivity contribution in [1.82, 2.24) is 16.0 Å². The van der Waals surface area contributed by atoms with Crippen LogP contribution in [-0.2, 0) is 23.9 Å². The van der Waals surface area contributed by atoms with Crippen molar-refractivity contribution in [2.45, 2.75) is 178 Å². The van der Waals surface area contributed by atoms with E-state index in [1.54, 1.807) is 13.0 Å². The van der Waals surface area contributed by atoms with E-state index in [9.17, 15) is 30.0 Å². The van der Waals surface area contributed by atoms with Gasteiger partial charge in [-0.15, -0.1) is 5.92 Å². The number of fused-ring (bicyclic) bond motifs is 5. The first-order chi connectivity index (χ1) is 33.8. The van der Waals surface area contributed by atoms with Crippen LogP contribution in [0.2, 0.25) is 0 Å². The topological polar surface area (TPSA) is 196 Å². The van der Waals surface area contributed by atoms with Crippen LogP contribution in [0.25, 0.3) is 0 Å². The lowest BCUT2D eigenvalue weighted by atomic mass is 9.50. The molecule has 2 saturated heterocycles. The van der Waals surface area contributed by atoms with E-state index in [4.69, 9.17) is 14.2 Å². The lowest BCUT2D eigenvalue weighted by Gasteiger charge is -2.57. The van der Waals surface area contributed by atoms with Gasteiger partial charge in [0.05, 0.1) is 30.1 Å². The number of carbonyl (C=O) groups is 3. The van der Waals surface area contributed by atoms with Crippen molar-refractivity contribution >= 4 is 17.8 Å². The van der Waals surface area contributed by atoms with Crippen molar-refractivity contribution in [1.29, 1.82) is 0 Å². The number of rotatable bonds is 10. The number of nitrogens with one attached hydrogen (secondary N) is 3. The first-order valence-electron chi connectivity index (χ1n) is 27.5. The molecule has 70 heavy (non-hydrogen) atoms. The Labute approximate surface area is 415 Å². The van der Waals surface area contributed by atoms with Gasteiger partial charge in [0.25, 0.3) is 0 Å². The number of phenolic OH excluding ortho intramolecular Hbond substituents is 1. The van der Waals surface area contributed by atoms with Gasteiger partial charge in [0.15, 0.2) is 11.5 Å². The Morgan fingerprint density at radius 3 is 2.54 bits per heavy atom. The summed E-state index contributed by atoms with van der Waals surface area (Å²) < 4.78 is 21.1. The first-order valence-corrected chi connectivity index (χ1v) is 27.5. The zero-order valence-electron chi connectivity index (χ0n) is 42.0. The fourth-order valence-corrected chi connectivity index (χ4v) is 17.1. The zero-order chi connectivity index (χ0) is 49.0. The Kier molecular flexibility index (Phi) is 14.2. The molecule has 11 rings (SSSR count). The number of phenols is 1. The molecule has 5 aliphatic heterocycles. The van der Waals surface area contributed by atoms with Crippen LogP contribution >= 0.6 is 0 Å². The molecule has 5 aliphatic carbocycles. The molecule has 1 aromatic rings. The molecule has 15 atom stereocenters. The Hall–Kier alpha value is -3.67. The summed E-state index contributed by atoms with van der Waals surface area (Å²) in [7, 11) is 1.81. The van der Waals surface area contributed by atoms with Crippen LogP contribution in [0.1, 0.15) is 159 Å². The van der Waals surface area contributed by atoms with E-state index in [1.807, 2.05) is 7.05 Å². The van der Waals surface area contributed by atoms with Crippen LogP contribution in [0.3, 0.4) is 0 Å². The fraction of sp³-hybridized carbons (Fsp3) is 0.772. The van der Waals surface area contributed by atoms with Crippen LogP contribution in [0.5, 0.6) is 11.5 Å². The maximum absolute atomic E-state index is 16.1. The number of aliphatic hydroxyl groups is 3. The molecular formula is C57H81N3O10. The first kappa shape index (κ1) is 49.9. The second-order valence-electron chi connectivity index (χ2n) is 23.9. The minimum absolute atomic E-state index is 0.00591. The number of aromatic hydroxyl groups is 1. The normalized spacial score (nSPS) is 39.5. The van der Waals surface area contributed by atoms with Gasteiger partial charge in [0, 0.05) is 66.6 Å². The summed E-state index contributed by atoms with van der Waals surface area (Å²) in [6.45, 7) is 5.34. The van der Waals surface area contributed by atoms with E-state index in [0.29, 0.717) is 89.8 Å².